The Morgan fingerprint density at radius 3 is 3.14 bits per heavy atom. The average molecular weight is 200 g/mol. The second-order valence-electron chi connectivity index (χ2n) is 2.77. The predicted molar refractivity (Wildman–Crippen MR) is 46.5 cm³/mol. The number of aliphatic carboxylic acids is 1. The number of nitrogens with zero attached hydrogens (tertiary/aromatic N) is 3. The van der Waals surface area contributed by atoms with Gasteiger partial charge >= 0.3 is 5.97 Å². The molecule has 14 heavy (non-hydrogen) atoms. The van der Waals surface area contributed by atoms with Crippen molar-refractivity contribution in [3.05, 3.63) is 11.9 Å². The molecule has 0 aliphatic heterocycles. The van der Waals surface area contributed by atoms with Crippen molar-refractivity contribution in [2.45, 2.75) is 12.6 Å². The first-order valence-corrected chi connectivity index (χ1v) is 4.00. The summed E-state index contributed by atoms with van der Waals surface area (Å²) in [6.07, 6.45) is 1.44. The molecule has 0 spiro atoms. The Morgan fingerprint density at radius 2 is 2.57 bits per heavy atom. The number of carboxylic acid groups (broad SMARTS) is 1. The van der Waals surface area contributed by atoms with Crippen LogP contribution < -0.4 is 5.73 Å². The normalized spacial score (nSPS) is 12.7. The van der Waals surface area contributed by atoms with Gasteiger partial charge in [0.25, 0.3) is 0 Å². The molecule has 1 aromatic heterocycles. The lowest BCUT2D eigenvalue weighted by atomic mass is 10.2. The zero-order chi connectivity index (χ0) is 10.6. The van der Waals surface area contributed by atoms with Crippen molar-refractivity contribution in [2.75, 3.05) is 13.7 Å². The Bertz CT molecular complexity index is 312. The zero-order valence-corrected chi connectivity index (χ0v) is 7.75. The van der Waals surface area contributed by atoms with Gasteiger partial charge in [0, 0.05) is 7.11 Å². The molecule has 1 atom stereocenters. The fraction of sp³-hybridized carbons (Fsp3) is 0.571. The molecule has 0 bridgehead atoms. The maximum absolute atomic E-state index is 10.4. The van der Waals surface area contributed by atoms with Crippen LogP contribution in [-0.2, 0) is 16.1 Å². The van der Waals surface area contributed by atoms with Gasteiger partial charge in [0.1, 0.15) is 6.54 Å². The fourth-order valence-corrected chi connectivity index (χ4v) is 1.07. The van der Waals surface area contributed by atoms with Gasteiger partial charge in [0.15, 0.2) is 0 Å². The van der Waals surface area contributed by atoms with E-state index < -0.39 is 12.0 Å². The van der Waals surface area contributed by atoms with E-state index in [1.54, 1.807) is 0 Å². The van der Waals surface area contributed by atoms with E-state index in [-0.39, 0.29) is 6.54 Å². The highest BCUT2D eigenvalue weighted by atomic mass is 16.5. The van der Waals surface area contributed by atoms with Gasteiger partial charge in [-0.2, -0.15) is 0 Å². The molecule has 0 aliphatic carbocycles. The van der Waals surface area contributed by atoms with Gasteiger partial charge in [0.05, 0.1) is 24.5 Å². The minimum absolute atomic E-state index is 0.243. The van der Waals surface area contributed by atoms with E-state index in [2.05, 4.69) is 10.3 Å². The van der Waals surface area contributed by atoms with Crippen LogP contribution in [0.3, 0.4) is 0 Å². The Balaban J connectivity index is 2.75. The molecular formula is C7H12N4O3. The van der Waals surface area contributed by atoms with Crippen molar-refractivity contribution in [3.63, 3.8) is 0 Å². The Morgan fingerprint density at radius 1 is 1.86 bits per heavy atom. The van der Waals surface area contributed by atoms with Crippen LogP contribution in [0.1, 0.15) is 11.7 Å². The highest BCUT2D eigenvalue weighted by Gasteiger charge is 2.14. The fourth-order valence-electron chi connectivity index (χ4n) is 1.07. The van der Waals surface area contributed by atoms with Crippen LogP contribution in [0, 0.1) is 0 Å². The topological polar surface area (TPSA) is 103 Å². The highest BCUT2D eigenvalue weighted by molar-refractivity contribution is 5.66. The van der Waals surface area contributed by atoms with E-state index >= 15 is 0 Å². The van der Waals surface area contributed by atoms with E-state index in [1.165, 1.54) is 18.0 Å². The lowest BCUT2D eigenvalue weighted by molar-refractivity contribution is -0.138. The number of hydrogen-bond donors (Lipinski definition) is 2. The largest absolute Gasteiger partial charge is 0.480 e. The summed E-state index contributed by atoms with van der Waals surface area (Å²) in [4.78, 5) is 10.4. The maximum atomic E-state index is 10.4. The minimum Gasteiger partial charge on any atom is -0.480 e. The summed E-state index contributed by atoms with van der Waals surface area (Å²) in [6, 6.07) is -0.408. The van der Waals surface area contributed by atoms with Crippen LogP contribution in [0.4, 0.5) is 0 Å². The first-order chi connectivity index (χ1) is 6.65. The van der Waals surface area contributed by atoms with E-state index in [4.69, 9.17) is 15.6 Å². The summed E-state index contributed by atoms with van der Waals surface area (Å²) in [7, 11) is 1.52. The third-order valence-corrected chi connectivity index (χ3v) is 1.66. The molecule has 7 nitrogen and oxygen atoms in total. The van der Waals surface area contributed by atoms with E-state index in [1.807, 2.05) is 0 Å². The van der Waals surface area contributed by atoms with Crippen molar-refractivity contribution < 1.29 is 14.6 Å². The number of carboxylic acids is 1. The lowest BCUT2D eigenvalue weighted by Gasteiger charge is -2.10. The SMILES string of the molecule is COC[C@H](N)c1cnnn1CC(=O)O. The van der Waals surface area contributed by atoms with Crippen LogP contribution in [-0.4, -0.2) is 39.8 Å². The third kappa shape index (κ3) is 2.51. The van der Waals surface area contributed by atoms with Crippen LogP contribution >= 0.6 is 0 Å². The van der Waals surface area contributed by atoms with Crippen LogP contribution in [0.25, 0.3) is 0 Å². The van der Waals surface area contributed by atoms with Crippen LogP contribution in [0.2, 0.25) is 0 Å². The number of aromatic nitrogens is 3. The van der Waals surface area contributed by atoms with E-state index in [0.29, 0.717) is 12.3 Å². The van der Waals surface area contributed by atoms with Crippen molar-refractivity contribution in [2.24, 2.45) is 5.73 Å². The second-order valence-corrected chi connectivity index (χ2v) is 2.77. The molecule has 0 unspecified atom stereocenters. The van der Waals surface area contributed by atoms with Gasteiger partial charge in [-0.25, -0.2) is 4.68 Å². The number of nitrogens with two attached hydrogens (primary N) is 1. The molecule has 0 fully saturated rings. The molecule has 1 aromatic rings. The standard InChI is InChI=1S/C7H12N4O3/c1-14-4-5(8)6-2-9-10-11(6)3-7(12)13/h2,5H,3-4,8H2,1H3,(H,12,13)/t5-/m0/s1. The zero-order valence-electron chi connectivity index (χ0n) is 7.75. The van der Waals surface area contributed by atoms with Crippen LogP contribution in [0.5, 0.6) is 0 Å². The van der Waals surface area contributed by atoms with Gasteiger partial charge in [-0.15, -0.1) is 5.10 Å². The summed E-state index contributed by atoms with van der Waals surface area (Å²) in [5, 5.41) is 15.8. The number of rotatable bonds is 5. The Labute approximate surface area is 80.5 Å². The first kappa shape index (κ1) is 10.6. The molecular weight excluding hydrogens is 188 g/mol. The highest BCUT2D eigenvalue weighted by Crippen LogP contribution is 2.07. The number of hydrogen-bond acceptors (Lipinski definition) is 5. The molecule has 1 heterocycles. The molecule has 0 saturated carbocycles. The van der Waals surface area contributed by atoms with Crippen molar-refractivity contribution >= 4 is 5.97 Å². The van der Waals surface area contributed by atoms with E-state index in [0.717, 1.165) is 0 Å². The predicted octanol–water partition coefficient (Wildman–Crippen LogP) is -0.991. The summed E-state index contributed by atoms with van der Waals surface area (Å²) in [6.45, 7) is 0.0553. The summed E-state index contributed by atoms with van der Waals surface area (Å²) in [5.41, 5.74) is 6.26. The maximum Gasteiger partial charge on any atom is 0.325 e. The third-order valence-electron chi connectivity index (χ3n) is 1.66. The average Bonchev–Trinajstić information content (AvgIpc) is 2.51. The molecule has 0 amide bonds. The Hall–Kier alpha value is -1.47. The van der Waals surface area contributed by atoms with Gasteiger partial charge in [-0.05, 0) is 0 Å². The van der Waals surface area contributed by atoms with Crippen LogP contribution in [0.15, 0.2) is 6.20 Å². The van der Waals surface area contributed by atoms with Crippen molar-refractivity contribution in [1.82, 2.24) is 15.0 Å². The van der Waals surface area contributed by atoms with Gasteiger partial charge in [-0.3, -0.25) is 4.79 Å². The van der Waals surface area contributed by atoms with Crippen molar-refractivity contribution in [3.8, 4) is 0 Å². The Kier molecular flexibility index (Phi) is 3.55. The summed E-state index contributed by atoms with van der Waals surface area (Å²) in [5.74, 6) is -0.985. The molecule has 1 rings (SSSR count). The molecule has 0 radical (unpaired) electrons. The first-order valence-electron chi connectivity index (χ1n) is 4.00. The molecule has 78 valence electrons. The molecule has 7 heteroatoms. The minimum atomic E-state index is -0.985. The lowest BCUT2D eigenvalue weighted by Crippen LogP contribution is -2.22. The summed E-state index contributed by atoms with van der Waals surface area (Å²) < 4.78 is 6.09. The second kappa shape index (κ2) is 4.68. The molecule has 3 N–H and O–H groups in total. The van der Waals surface area contributed by atoms with E-state index in [9.17, 15) is 4.79 Å². The quantitative estimate of drug-likeness (QED) is 0.632. The number of ether oxygens (including phenoxy) is 1. The van der Waals surface area contributed by atoms with Crippen molar-refractivity contribution in [1.29, 1.82) is 0 Å². The van der Waals surface area contributed by atoms with Gasteiger partial charge in [0.2, 0.25) is 0 Å². The number of methoxy groups -OCH3 is 1. The molecule has 0 aliphatic rings. The van der Waals surface area contributed by atoms with Gasteiger partial charge in [-0.1, -0.05) is 5.21 Å². The van der Waals surface area contributed by atoms with Gasteiger partial charge < -0.3 is 15.6 Å². The molecule has 0 saturated heterocycles. The molecule has 0 aromatic carbocycles. The number of carbonyl (C=O) groups is 1. The summed E-state index contributed by atoms with van der Waals surface area (Å²) >= 11 is 0. The monoisotopic (exact) mass is 200 g/mol. The smallest absolute Gasteiger partial charge is 0.325 e.